The van der Waals surface area contributed by atoms with Crippen molar-refractivity contribution in [2.75, 3.05) is 5.88 Å². The van der Waals surface area contributed by atoms with Crippen LogP contribution in [-0.4, -0.2) is 10.9 Å². The highest BCUT2D eigenvalue weighted by molar-refractivity contribution is 6.30. The molecule has 0 bridgehead atoms. The Bertz CT molecular complexity index is 509. The minimum Gasteiger partial charge on any atom is -0.236 e. The van der Waals surface area contributed by atoms with Crippen molar-refractivity contribution in [2.45, 2.75) is 19.8 Å². The minimum absolute atomic E-state index is 0.599. The number of hydrogen-bond donors (Lipinski definition) is 0. The van der Waals surface area contributed by atoms with Crippen LogP contribution in [0, 0.1) is 6.92 Å². The summed E-state index contributed by atoms with van der Waals surface area (Å²) in [7, 11) is 0. The topological polar surface area (TPSA) is 12.9 Å². The Morgan fingerprint density at radius 1 is 1.25 bits per heavy atom. The van der Waals surface area contributed by atoms with Crippen LogP contribution in [0.4, 0.5) is 0 Å². The number of alkyl halides is 1. The normalized spacial score (nSPS) is 10.9. The first-order valence-corrected chi connectivity index (χ1v) is 6.23. The monoisotopic (exact) mass is 253 g/mol. The number of hydrogen-bond acceptors (Lipinski definition) is 1. The fourth-order valence-electron chi connectivity index (χ4n) is 1.75. The number of nitrogens with zero attached hydrogens (tertiary/aromatic N) is 1. The van der Waals surface area contributed by atoms with Crippen molar-refractivity contribution >= 4 is 34.1 Å². The van der Waals surface area contributed by atoms with Crippen molar-refractivity contribution in [1.82, 2.24) is 4.98 Å². The molecule has 1 heterocycles. The molecule has 0 aliphatic heterocycles. The van der Waals surface area contributed by atoms with Crippen molar-refractivity contribution in [1.29, 1.82) is 0 Å². The van der Waals surface area contributed by atoms with E-state index in [1.54, 1.807) is 0 Å². The van der Waals surface area contributed by atoms with Crippen molar-refractivity contribution < 1.29 is 0 Å². The maximum atomic E-state index is 6.12. The highest BCUT2D eigenvalue weighted by atomic mass is 35.5. The molecule has 1 aromatic heterocycles. The van der Waals surface area contributed by atoms with Gasteiger partial charge in [0.2, 0.25) is 0 Å². The van der Waals surface area contributed by atoms with E-state index in [4.69, 9.17) is 23.2 Å². The van der Waals surface area contributed by atoms with Gasteiger partial charge in [-0.25, -0.2) is 4.98 Å². The summed E-state index contributed by atoms with van der Waals surface area (Å²) in [5, 5.41) is 1.75. The summed E-state index contributed by atoms with van der Waals surface area (Å²) < 4.78 is 0. The summed E-state index contributed by atoms with van der Waals surface area (Å²) in [5.74, 6) is 0.655. The van der Waals surface area contributed by atoms with E-state index in [1.807, 2.05) is 12.1 Å². The number of benzene rings is 1. The summed E-state index contributed by atoms with van der Waals surface area (Å²) >= 11 is 11.8. The van der Waals surface area contributed by atoms with E-state index in [0.29, 0.717) is 11.0 Å². The number of aromatic nitrogens is 1. The second-order valence-electron chi connectivity index (χ2n) is 3.93. The van der Waals surface area contributed by atoms with Gasteiger partial charge in [-0.05, 0) is 43.5 Å². The Hall–Kier alpha value is -0.790. The molecule has 1 aromatic carbocycles. The number of aryl methyl sites for hydroxylation is 2. The SMILES string of the molecule is Cc1ccc2nc(Cl)c(CCCCl)cc2c1. The third-order valence-corrected chi connectivity index (χ3v) is 3.17. The molecule has 2 rings (SSSR count). The molecule has 0 N–H and O–H groups in total. The molecule has 84 valence electrons. The highest BCUT2D eigenvalue weighted by Gasteiger charge is 2.04. The number of fused-ring (bicyclic) bond motifs is 1. The smallest absolute Gasteiger partial charge is 0.132 e. The van der Waals surface area contributed by atoms with Crippen molar-refractivity contribution in [2.24, 2.45) is 0 Å². The quantitative estimate of drug-likeness (QED) is 0.585. The standard InChI is InChI=1S/C13H13Cl2N/c1-9-4-5-12-11(7-9)8-10(3-2-6-14)13(15)16-12/h4-5,7-8H,2-3,6H2,1H3. The molecule has 0 saturated carbocycles. The van der Waals surface area contributed by atoms with Gasteiger partial charge in [-0.1, -0.05) is 23.2 Å². The van der Waals surface area contributed by atoms with Crippen LogP contribution in [0.5, 0.6) is 0 Å². The van der Waals surface area contributed by atoms with Crippen LogP contribution < -0.4 is 0 Å². The van der Waals surface area contributed by atoms with Gasteiger partial charge in [0.1, 0.15) is 5.15 Å². The third kappa shape index (κ3) is 2.47. The molecule has 0 radical (unpaired) electrons. The van der Waals surface area contributed by atoms with E-state index in [2.05, 4.69) is 24.0 Å². The summed E-state index contributed by atoms with van der Waals surface area (Å²) in [6, 6.07) is 8.29. The molecule has 0 aliphatic rings. The Morgan fingerprint density at radius 2 is 2.06 bits per heavy atom. The van der Waals surface area contributed by atoms with E-state index in [9.17, 15) is 0 Å². The molecular formula is C13H13Cl2N. The summed E-state index contributed by atoms with van der Waals surface area (Å²) in [5.41, 5.74) is 3.27. The van der Waals surface area contributed by atoms with E-state index in [1.165, 1.54) is 5.56 Å². The maximum absolute atomic E-state index is 6.12. The van der Waals surface area contributed by atoms with Gasteiger partial charge in [0.05, 0.1) is 5.52 Å². The Balaban J connectivity index is 2.46. The van der Waals surface area contributed by atoms with Gasteiger partial charge in [-0.2, -0.15) is 0 Å². The van der Waals surface area contributed by atoms with E-state index < -0.39 is 0 Å². The Morgan fingerprint density at radius 3 is 2.81 bits per heavy atom. The Labute approximate surface area is 105 Å². The first kappa shape index (κ1) is 11.7. The second kappa shape index (κ2) is 5.03. The van der Waals surface area contributed by atoms with Gasteiger partial charge in [0.15, 0.2) is 0 Å². The molecule has 0 saturated heterocycles. The zero-order valence-corrected chi connectivity index (χ0v) is 10.6. The molecule has 2 aromatic rings. The second-order valence-corrected chi connectivity index (χ2v) is 4.66. The molecule has 0 aliphatic carbocycles. The summed E-state index contributed by atoms with van der Waals surface area (Å²) in [4.78, 5) is 4.39. The molecule has 0 unspecified atom stereocenters. The number of pyridine rings is 1. The summed E-state index contributed by atoms with van der Waals surface area (Å²) in [6.45, 7) is 2.08. The molecule has 0 fully saturated rings. The number of halogens is 2. The molecule has 0 atom stereocenters. The van der Waals surface area contributed by atoms with Crippen LogP contribution >= 0.6 is 23.2 Å². The predicted molar refractivity (Wildman–Crippen MR) is 70.5 cm³/mol. The van der Waals surface area contributed by atoms with Crippen LogP contribution in [0.3, 0.4) is 0 Å². The van der Waals surface area contributed by atoms with Crippen LogP contribution in [0.2, 0.25) is 5.15 Å². The third-order valence-electron chi connectivity index (χ3n) is 2.58. The van der Waals surface area contributed by atoms with Crippen molar-refractivity contribution in [3.63, 3.8) is 0 Å². The van der Waals surface area contributed by atoms with E-state index in [-0.39, 0.29) is 0 Å². The highest BCUT2D eigenvalue weighted by Crippen LogP contribution is 2.22. The van der Waals surface area contributed by atoms with Crippen LogP contribution in [-0.2, 0) is 6.42 Å². The lowest BCUT2D eigenvalue weighted by atomic mass is 10.1. The van der Waals surface area contributed by atoms with Crippen LogP contribution in [0.1, 0.15) is 17.5 Å². The molecule has 1 nitrogen and oxygen atoms in total. The van der Waals surface area contributed by atoms with Crippen LogP contribution in [0.25, 0.3) is 10.9 Å². The molecular weight excluding hydrogens is 241 g/mol. The molecule has 16 heavy (non-hydrogen) atoms. The molecule has 0 amide bonds. The number of rotatable bonds is 3. The van der Waals surface area contributed by atoms with Gasteiger partial charge in [0.25, 0.3) is 0 Å². The average Bonchev–Trinajstić information content (AvgIpc) is 2.27. The lowest BCUT2D eigenvalue weighted by molar-refractivity contribution is 0.924. The first-order valence-electron chi connectivity index (χ1n) is 5.32. The van der Waals surface area contributed by atoms with Gasteiger partial charge < -0.3 is 0 Å². The lowest BCUT2D eigenvalue weighted by Crippen LogP contribution is -1.92. The zero-order valence-electron chi connectivity index (χ0n) is 9.13. The van der Waals surface area contributed by atoms with Gasteiger partial charge >= 0.3 is 0 Å². The van der Waals surface area contributed by atoms with E-state index in [0.717, 1.165) is 29.3 Å². The minimum atomic E-state index is 0.599. The fraction of sp³-hybridized carbons (Fsp3) is 0.308. The maximum Gasteiger partial charge on any atom is 0.132 e. The zero-order chi connectivity index (χ0) is 11.5. The first-order chi connectivity index (χ1) is 7.70. The molecule has 0 spiro atoms. The van der Waals surface area contributed by atoms with Crippen molar-refractivity contribution in [3.8, 4) is 0 Å². The summed E-state index contributed by atoms with van der Waals surface area (Å²) in [6.07, 6.45) is 1.82. The van der Waals surface area contributed by atoms with Crippen LogP contribution in [0.15, 0.2) is 24.3 Å². The lowest BCUT2D eigenvalue weighted by Gasteiger charge is -2.05. The predicted octanol–water partition coefficient (Wildman–Crippen LogP) is 4.37. The van der Waals surface area contributed by atoms with Gasteiger partial charge in [0, 0.05) is 11.3 Å². The largest absolute Gasteiger partial charge is 0.236 e. The molecule has 3 heteroatoms. The van der Waals surface area contributed by atoms with Gasteiger partial charge in [-0.3, -0.25) is 0 Å². The van der Waals surface area contributed by atoms with Crippen molar-refractivity contribution in [3.05, 3.63) is 40.5 Å². The van der Waals surface area contributed by atoms with E-state index >= 15 is 0 Å². The fourth-order valence-corrected chi connectivity index (χ4v) is 2.12. The Kier molecular flexibility index (Phi) is 3.67. The van der Waals surface area contributed by atoms with Gasteiger partial charge in [-0.15, -0.1) is 11.6 Å². The average molecular weight is 254 g/mol.